The fraction of sp³-hybridized carbons (Fsp3) is 0.500. The number of hydrogen-bond acceptors (Lipinski definition) is 2. The fourth-order valence-electron chi connectivity index (χ4n) is 2.50. The second-order valence-corrected chi connectivity index (χ2v) is 5.95. The third kappa shape index (κ3) is 3.71. The summed E-state index contributed by atoms with van der Waals surface area (Å²) in [6.45, 7) is 7.75. The fourth-order valence-corrected chi connectivity index (χ4v) is 2.87. The van der Waals surface area contributed by atoms with Gasteiger partial charge in [0.05, 0.1) is 0 Å². The van der Waals surface area contributed by atoms with Crippen LogP contribution in [0.3, 0.4) is 0 Å². The number of rotatable bonds is 1. The van der Waals surface area contributed by atoms with E-state index in [-0.39, 0.29) is 18.3 Å². The van der Waals surface area contributed by atoms with Crippen molar-refractivity contribution in [2.45, 2.75) is 32.9 Å². The highest BCUT2D eigenvalue weighted by Crippen LogP contribution is 2.21. The Morgan fingerprint density at radius 2 is 1.89 bits per heavy atom. The molecular weight excluding hydrogens is 328 g/mol. The lowest BCUT2D eigenvalue weighted by Gasteiger charge is -2.36. The summed E-state index contributed by atoms with van der Waals surface area (Å²) in [6.07, 6.45) is 0. The number of carbonyl (C=O) groups is 1. The van der Waals surface area contributed by atoms with Crippen LogP contribution in [0.1, 0.15) is 29.8 Å². The highest BCUT2D eigenvalue weighted by Gasteiger charge is 2.26. The van der Waals surface area contributed by atoms with Crippen molar-refractivity contribution >= 4 is 34.2 Å². The lowest BCUT2D eigenvalue weighted by molar-refractivity contribution is 0.0673. The summed E-state index contributed by atoms with van der Waals surface area (Å²) >= 11 is 3.48. The monoisotopic (exact) mass is 346 g/mol. The van der Waals surface area contributed by atoms with Gasteiger partial charge in [-0.15, -0.1) is 12.4 Å². The molecule has 3 nitrogen and oxygen atoms in total. The average molecular weight is 348 g/mol. The van der Waals surface area contributed by atoms with Crippen LogP contribution in [0.15, 0.2) is 22.7 Å². The van der Waals surface area contributed by atoms with E-state index in [4.69, 9.17) is 0 Å². The standard InChI is InChI=1S/C14H19BrN2O.ClH/c1-9-7-17(8-10(2)16-9)14(18)12-5-4-6-13(15)11(12)3;/h4-6,9-10,16H,7-8H2,1-3H3;1H. The van der Waals surface area contributed by atoms with Crippen molar-refractivity contribution in [3.8, 4) is 0 Å². The first kappa shape index (κ1) is 16.5. The Kier molecular flexibility index (Phi) is 5.83. The van der Waals surface area contributed by atoms with Crippen LogP contribution >= 0.6 is 28.3 Å². The molecule has 0 saturated carbocycles. The van der Waals surface area contributed by atoms with Crippen molar-refractivity contribution in [2.24, 2.45) is 0 Å². The van der Waals surface area contributed by atoms with E-state index < -0.39 is 0 Å². The zero-order chi connectivity index (χ0) is 13.3. The molecule has 2 rings (SSSR count). The SMILES string of the molecule is Cc1c(Br)cccc1C(=O)N1CC(C)NC(C)C1.Cl. The molecular formula is C14H20BrClN2O. The smallest absolute Gasteiger partial charge is 0.254 e. The highest BCUT2D eigenvalue weighted by molar-refractivity contribution is 9.10. The van der Waals surface area contributed by atoms with E-state index in [9.17, 15) is 4.79 Å². The first-order valence-electron chi connectivity index (χ1n) is 6.29. The van der Waals surface area contributed by atoms with Crippen LogP contribution in [-0.4, -0.2) is 36.0 Å². The summed E-state index contributed by atoms with van der Waals surface area (Å²) in [5.74, 6) is 0.133. The van der Waals surface area contributed by atoms with Gasteiger partial charge in [0.2, 0.25) is 0 Å². The number of piperazine rings is 1. The molecule has 1 aromatic rings. The van der Waals surface area contributed by atoms with E-state index in [0.717, 1.165) is 28.7 Å². The number of benzene rings is 1. The second kappa shape index (κ2) is 6.73. The first-order valence-corrected chi connectivity index (χ1v) is 7.08. The second-order valence-electron chi connectivity index (χ2n) is 5.09. The maximum absolute atomic E-state index is 12.5. The van der Waals surface area contributed by atoms with Crippen molar-refractivity contribution < 1.29 is 4.79 Å². The molecule has 5 heteroatoms. The molecule has 1 fully saturated rings. The van der Waals surface area contributed by atoms with E-state index in [2.05, 4.69) is 35.1 Å². The van der Waals surface area contributed by atoms with Gasteiger partial charge in [0.1, 0.15) is 0 Å². The Labute approximate surface area is 129 Å². The number of amides is 1. The van der Waals surface area contributed by atoms with E-state index in [1.54, 1.807) is 0 Å². The minimum absolute atomic E-state index is 0. The molecule has 106 valence electrons. The zero-order valence-corrected chi connectivity index (χ0v) is 13.8. The predicted molar refractivity (Wildman–Crippen MR) is 84.1 cm³/mol. The van der Waals surface area contributed by atoms with Crippen molar-refractivity contribution in [3.05, 3.63) is 33.8 Å². The van der Waals surface area contributed by atoms with Crippen LogP contribution in [0, 0.1) is 6.92 Å². The molecule has 0 aliphatic carbocycles. The third-order valence-corrected chi connectivity index (χ3v) is 4.20. The Morgan fingerprint density at radius 3 is 2.47 bits per heavy atom. The number of carbonyl (C=O) groups excluding carboxylic acids is 1. The van der Waals surface area contributed by atoms with Gasteiger partial charge < -0.3 is 10.2 Å². The number of nitrogens with zero attached hydrogens (tertiary/aromatic N) is 1. The van der Waals surface area contributed by atoms with Crippen molar-refractivity contribution in [1.29, 1.82) is 0 Å². The summed E-state index contributed by atoms with van der Waals surface area (Å²) < 4.78 is 0.990. The predicted octanol–water partition coefficient (Wildman–Crippen LogP) is 3.00. The molecule has 19 heavy (non-hydrogen) atoms. The summed E-state index contributed by atoms with van der Waals surface area (Å²) in [5.41, 5.74) is 1.81. The van der Waals surface area contributed by atoms with Crippen molar-refractivity contribution in [3.63, 3.8) is 0 Å². The topological polar surface area (TPSA) is 32.3 Å². The van der Waals surface area contributed by atoms with Gasteiger partial charge in [0, 0.05) is 35.2 Å². The Morgan fingerprint density at radius 1 is 1.32 bits per heavy atom. The number of nitrogens with one attached hydrogen (secondary N) is 1. The Bertz CT molecular complexity index is 457. The highest BCUT2D eigenvalue weighted by atomic mass is 79.9. The van der Waals surface area contributed by atoms with Gasteiger partial charge >= 0.3 is 0 Å². The van der Waals surface area contributed by atoms with Crippen molar-refractivity contribution in [1.82, 2.24) is 10.2 Å². The van der Waals surface area contributed by atoms with Crippen LogP contribution in [0.2, 0.25) is 0 Å². The molecule has 1 N–H and O–H groups in total. The maximum atomic E-state index is 12.5. The molecule has 0 spiro atoms. The Hall–Kier alpha value is -0.580. The van der Waals surface area contributed by atoms with Crippen LogP contribution in [0.25, 0.3) is 0 Å². The molecule has 0 radical (unpaired) electrons. The summed E-state index contributed by atoms with van der Waals surface area (Å²) in [6, 6.07) is 6.49. The molecule has 1 heterocycles. The van der Waals surface area contributed by atoms with E-state index >= 15 is 0 Å². The third-order valence-electron chi connectivity index (χ3n) is 3.34. The molecule has 1 aliphatic rings. The van der Waals surface area contributed by atoms with Gasteiger partial charge in [-0.2, -0.15) is 0 Å². The summed E-state index contributed by atoms with van der Waals surface area (Å²) in [4.78, 5) is 14.5. The molecule has 0 aromatic heterocycles. The quantitative estimate of drug-likeness (QED) is 0.847. The maximum Gasteiger partial charge on any atom is 0.254 e. The molecule has 0 bridgehead atoms. The van der Waals surface area contributed by atoms with Crippen LogP contribution in [0.4, 0.5) is 0 Å². The van der Waals surface area contributed by atoms with Gasteiger partial charge in [0.15, 0.2) is 0 Å². The molecule has 1 amide bonds. The normalized spacial score (nSPS) is 22.8. The zero-order valence-electron chi connectivity index (χ0n) is 11.4. The van der Waals surface area contributed by atoms with E-state index in [1.807, 2.05) is 30.0 Å². The Balaban J connectivity index is 0.00000180. The van der Waals surface area contributed by atoms with Gasteiger partial charge in [-0.05, 0) is 38.5 Å². The number of hydrogen-bond donors (Lipinski definition) is 1. The van der Waals surface area contributed by atoms with Crippen molar-refractivity contribution in [2.75, 3.05) is 13.1 Å². The van der Waals surface area contributed by atoms with Crippen LogP contribution < -0.4 is 5.32 Å². The molecule has 2 unspecified atom stereocenters. The van der Waals surface area contributed by atoms with Gasteiger partial charge in [-0.25, -0.2) is 0 Å². The van der Waals surface area contributed by atoms with E-state index in [0.29, 0.717) is 12.1 Å². The lowest BCUT2D eigenvalue weighted by Crippen LogP contribution is -2.55. The summed E-state index contributed by atoms with van der Waals surface area (Å²) in [7, 11) is 0. The largest absolute Gasteiger partial charge is 0.336 e. The molecule has 1 saturated heterocycles. The molecule has 2 atom stereocenters. The van der Waals surface area contributed by atoms with Gasteiger partial charge in [0.25, 0.3) is 5.91 Å². The summed E-state index contributed by atoms with van der Waals surface area (Å²) in [5, 5.41) is 3.44. The van der Waals surface area contributed by atoms with Crippen LogP contribution in [-0.2, 0) is 0 Å². The minimum atomic E-state index is 0. The molecule has 1 aromatic carbocycles. The minimum Gasteiger partial charge on any atom is -0.336 e. The first-order chi connectivity index (χ1) is 8.49. The average Bonchev–Trinajstić information content (AvgIpc) is 2.30. The molecule has 1 aliphatic heterocycles. The number of halogens is 2. The van der Waals surface area contributed by atoms with E-state index in [1.165, 1.54) is 0 Å². The lowest BCUT2D eigenvalue weighted by atomic mass is 10.1. The van der Waals surface area contributed by atoms with Crippen LogP contribution in [0.5, 0.6) is 0 Å². The van der Waals surface area contributed by atoms with Gasteiger partial charge in [-0.3, -0.25) is 4.79 Å². The van der Waals surface area contributed by atoms with Gasteiger partial charge in [-0.1, -0.05) is 22.0 Å².